The highest BCUT2D eigenvalue weighted by Gasteiger charge is 2.28. The standard InChI is InChI=1S/C26H26N2O5/c1-15-6-9-21(12-16(15)2)33-18(4)24(29)23-17(3)22(13-27)25(30)28(26(23)31)14-19-7-10-20(32-5)11-8-19/h6-12,18,31H,14H2,1-5H3. The molecule has 0 aliphatic rings. The predicted octanol–water partition coefficient (Wildman–Crippen LogP) is 4.06. The predicted molar refractivity (Wildman–Crippen MR) is 124 cm³/mol. The molecule has 1 unspecified atom stereocenters. The Hall–Kier alpha value is -4.05. The van der Waals surface area contributed by atoms with E-state index in [2.05, 4.69) is 0 Å². The number of benzene rings is 2. The Morgan fingerprint density at radius 2 is 1.73 bits per heavy atom. The third kappa shape index (κ3) is 4.75. The van der Waals surface area contributed by atoms with Crippen LogP contribution < -0.4 is 15.0 Å². The fourth-order valence-electron chi connectivity index (χ4n) is 3.55. The Morgan fingerprint density at radius 1 is 1.09 bits per heavy atom. The summed E-state index contributed by atoms with van der Waals surface area (Å²) < 4.78 is 12.0. The fourth-order valence-corrected chi connectivity index (χ4v) is 3.55. The van der Waals surface area contributed by atoms with Crippen LogP contribution in [0.2, 0.25) is 0 Å². The largest absolute Gasteiger partial charge is 0.497 e. The summed E-state index contributed by atoms with van der Waals surface area (Å²) >= 11 is 0. The van der Waals surface area contributed by atoms with Gasteiger partial charge in [0.15, 0.2) is 6.10 Å². The number of nitriles is 1. The normalized spacial score (nSPS) is 11.5. The Kier molecular flexibility index (Phi) is 6.88. The summed E-state index contributed by atoms with van der Waals surface area (Å²) in [6.45, 7) is 6.95. The molecule has 3 rings (SSSR count). The summed E-state index contributed by atoms with van der Waals surface area (Å²) in [7, 11) is 1.55. The number of methoxy groups -OCH3 is 1. The minimum absolute atomic E-state index is 0.0176. The molecule has 1 aromatic heterocycles. The van der Waals surface area contributed by atoms with E-state index in [0.717, 1.165) is 15.7 Å². The second-order valence-corrected chi connectivity index (χ2v) is 7.92. The fraction of sp³-hybridized carbons (Fsp3) is 0.269. The van der Waals surface area contributed by atoms with E-state index in [-0.39, 0.29) is 23.2 Å². The van der Waals surface area contributed by atoms with Gasteiger partial charge in [0.2, 0.25) is 11.7 Å². The van der Waals surface area contributed by atoms with E-state index in [1.807, 2.05) is 32.0 Å². The number of Topliss-reactive ketones (excluding diaryl/α,β-unsaturated/α-hetero) is 1. The lowest BCUT2D eigenvalue weighted by Gasteiger charge is -2.19. The molecule has 1 heterocycles. The van der Waals surface area contributed by atoms with Gasteiger partial charge < -0.3 is 14.6 Å². The van der Waals surface area contributed by atoms with Gasteiger partial charge in [-0.15, -0.1) is 0 Å². The molecule has 0 spiro atoms. The number of hydrogen-bond acceptors (Lipinski definition) is 6. The van der Waals surface area contributed by atoms with Crippen LogP contribution in [0.3, 0.4) is 0 Å². The highest BCUT2D eigenvalue weighted by atomic mass is 16.5. The summed E-state index contributed by atoms with van der Waals surface area (Å²) in [4.78, 5) is 26.2. The molecule has 33 heavy (non-hydrogen) atoms. The SMILES string of the molecule is COc1ccc(Cn2c(O)c(C(=O)C(C)Oc3ccc(C)c(C)c3)c(C)c(C#N)c2=O)cc1. The Labute approximate surface area is 192 Å². The van der Waals surface area contributed by atoms with Crippen molar-refractivity contribution in [3.8, 4) is 23.4 Å². The van der Waals surface area contributed by atoms with Crippen LogP contribution in [0, 0.1) is 32.1 Å². The van der Waals surface area contributed by atoms with Crippen LogP contribution in [0.5, 0.6) is 17.4 Å². The molecule has 0 amide bonds. The first kappa shape index (κ1) is 23.6. The van der Waals surface area contributed by atoms with Crippen molar-refractivity contribution in [2.24, 2.45) is 0 Å². The number of aryl methyl sites for hydroxylation is 2. The molecule has 7 nitrogen and oxygen atoms in total. The van der Waals surface area contributed by atoms with Crippen LogP contribution in [-0.4, -0.2) is 28.7 Å². The second kappa shape index (κ2) is 9.61. The molecule has 3 aromatic rings. The smallest absolute Gasteiger partial charge is 0.271 e. The number of ketones is 1. The minimum atomic E-state index is -0.949. The van der Waals surface area contributed by atoms with E-state index in [1.54, 1.807) is 44.4 Å². The number of hydrogen-bond donors (Lipinski definition) is 1. The van der Waals surface area contributed by atoms with Crippen molar-refractivity contribution < 1.29 is 19.4 Å². The van der Waals surface area contributed by atoms with Crippen molar-refractivity contribution in [2.75, 3.05) is 7.11 Å². The molecule has 0 radical (unpaired) electrons. The summed E-state index contributed by atoms with van der Waals surface area (Å²) in [6, 6.07) is 14.3. The second-order valence-electron chi connectivity index (χ2n) is 7.92. The van der Waals surface area contributed by atoms with Gasteiger partial charge in [-0.25, -0.2) is 0 Å². The van der Waals surface area contributed by atoms with Crippen LogP contribution >= 0.6 is 0 Å². The number of carbonyl (C=O) groups excluding carboxylic acids is 1. The minimum Gasteiger partial charge on any atom is -0.497 e. The molecular weight excluding hydrogens is 420 g/mol. The lowest BCUT2D eigenvalue weighted by molar-refractivity contribution is 0.0812. The summed E-state index contributed by atoms with van der Waals surface area (Å²) in [5.41, 5.74) is 1.98. The molecule has 0 aliphatic heterocycles. The van der Waals surface area contributed by atoms with E-state index >= 15 is 0 Å². The number of aromatic hydroxyl groups is 1. The Morgan fingerprint density at radius 3 is 2.30 bits per heavy atom. The van der Waals surface area contributed by atoms with Gasteiger partial charge >= 0.3 is 0 Å². The van der Waals surface area contributed by atoms with Crippen molar-refractivity contribution in [3.63, 3.8) is 0 Å². The third-order valence-electron chi connectivity index (χ3n) is 5.71. The van der Waals surface area contributed by atoms with Crippen molar-refractivity contribution in [1.82, 2.24) is 4.57 Å². The van der Waals surface area contributed by atoms with Crippen LogP contribution in [0.15, 0.2) is 47.3 Å². The van der Waals surface area contributed by atoms with Crippen molar-refractivity contribution in [3.05, 3.63) is 86.2 Å². The van der Waals surface area contributed by atoms with E-state index < -0.39 is 23.3 Å². The highest BCUT2D eigenvalue weighted by Crippen LogP contribution is 2.26. The number of aromatic nitrogens is 1. The summed E-state index contributed by atoms with van der Waals surface area (Å²) in [6.07, 6.45) is -0.949. The van der Waals surface area contributed by atoms with Crippen LogP contribution in [0.25, 0.3) is 0 Å². The molecule has 1 atom stereocenters. The molecule has 0 aliphatic carbocycles. The number of pyridine rings is 1. The average Bonchev–Trinajstić information content (AvgIpc) is 2.79. The van der Waals surface area contributed by atoms with E-state index in [0.29, 0.717) is 17.1 Å². The van der Waals surface area contributed by atoms with Gasteiger partial charge in [0.1, 0.15) is 23.1 Å². The average molecular weight is 447 g/mol. The molecule has 0 saturated heterocycles. The summed E-state index contributed by atoms with van der Waals surface area (Å²) in [5, 5.41) is 20.5. The molecule has 170 valence electrons. The van der Waals surface area contributed by atoms with E-state index in [1.165, 1.54) is 6.92 Å². The topological polar surface area (TPSA) is 102 Å². The van der Waals surface area contributed by atoms with Crippen molar-refractivity contribution >= 4 is 5.78 Å². The lowest BCUT2D eigenvalue weighted by Crippen LogP contribution is -2.31. The quantitative estimate of drug-likeness (QED) is 0.549. The molecule has 0 fully saturated rings. The number of nitrogens with zero attached hydrogens (tertiary/aromatic N) is 2. The first-order valence-electron chi connectivity index (χ1n) is 10.5. The zero-order valence-corrected chi connectivity index (χ0v) is 19.3. The number of ether oxygens (including phenoxy) is 2. The van der Waals surface area contributed by atoms with Crippen LogP contribution in [0.1, 0.15) is 45.1 Å². The van der Waals surface area contributed by atoms with E-state index in [4.69, 9.17) is 9.47 Å². The Bertz CT molecular complexity index is 1300. The molecule has 2 aromatic carbocycles. The molecule has 0 bridgehead atoms. The van der Waals surface area contributed by atoms with Gasteiger partial charge in [-0.1, -0.05) is 18.2 Å². The first-order valence-corrected chi connectivity index (χ1v) is 10.5. The van der Waals surface area contributed by atoms with Crippen molar-refractivity contribution in [1.29, 1.82) is 5.26 Å². The van der Waals surface area contributed by atoms with Crippen molar-refractivity contribution in [2.45, 2.75) is 40.3 Å². The Balaban J connectivity index is 2.02. The monoisotopic (exact) mass is 446 g/mol. The van der Waals surface area contributed by atoms with E-state index in [9.17, 15) is 20.0 Å². The highest BCUT2D eigenvalue weighted by molar-refractivity contribution is 6.03. The van der Waals surface area contributed by atoms with Gasteiger partial charge in [-0.2, -0.15) is 5.26 Å². The van der Waals surface area contributed by atoms with Gasteiger partial charge in [0.25, 0.3) is 5.56 Å². The van der Waals surface area contributed by atoms with Gasteiger partial charge in [0.05, 0.1) is 19.2 Å². The van der Waals surface area contributed by atoms with Crippen LogP contribution in [-0.2, 0) is 6.54 Å². The molecule has 0 saturated carbocycles. The zero-order chi connectivity index (χ0) is 24.3. The van der Waals surface area contributed by atoms with Gasteiger partial charge in [0, 0.05) is 0 Å². The van der Waals surface area contributed by atoms with Gasteiger partial charge in [-0.05, 0) is 74.2 Å². The number of rotatable bonds is 7. The maximum absolute atomic E-state index is 13.3. The van der Waals surface area contributed by atoms with Gasteiger partial charge in [-0.3, -0.25) is 14.2 Å². The summed E-state index contributed by atoms with van der Waals surface area (Å²) in [5.74, 6) is 0.143. The molecule has 7 heteroatoms. The lowest BCUT2D eigenvalue weighted by atomic mass is 9.99. The molecule has 1 N–H and O–H groups in total. The molecular formula is C26H26N2O5. The maximum Gasteiger partial charge on any atom is 0.271 e. The first-order chi connectivity index (χ1) is 15.7. The maximum atomic E-state index is 13.3. The third-order valence-corrected chi connectivity index (χ3v) is 5.71. The van der Waals surface area contributed by atoms with Crippen LogP contribution in [0.4, 0.5) is 0 Å². The number of carbonyl (C=O) groups is 1. The zero-order valence-electron chi connectivity index (χ0n) is 19.3.